The van der Waals surface area contributed by atoms with Crippen LogP contribution in [0.3, 0.4) is 0 Å². The molecule has 0 aliphatic carbocycles. The molecule has 2 nitrogen and oxygen atoms in total. The molecule has 0 unspecified atom stereocenters. The Hall–Kier alpha value is -0.900. The van der Waals surface area contributed by atoms with Crippen LogP contribution in [-0.4, -0.2) is 4.98 Å². The Morgan fingerprint density at radius 1 is 1.43 bits per heavy atom. The zero-order valence-electron chi connectivity index (χ0n) is 7.40. The fourth-order valence-corrected chi connectivity index (χ4v) is 2.16. The van der Waals surface area contributed by atoms with Crippen LogP contribution in [0.1, 0.15) is 5.01 Å². The number of aromatic nitrogens is 1. The molecule has 14 heavy (non-hydrogen) atoms. The predicted octanol–water partition coefficient (Wildman–Crippen LogP) is 2.92. The van der Waals surface area contributed by atoms with E-state index in [9.17, 15) is 0 Å². The van der Waals surface area contributed by atoms with E-state index in [0.717, 1.165) is 20.5 Å². The second-order valence-electron chi connectivity index (χ2n) is 2.83. The van der Waals surface area contributed by atoms with Crippen molar-refractivity contribution in [3.8, 4) is 10.4 Å². The van der Waals surface area contributed by atoms with Gasteiger partial charge < -0.3 is 5.73 Å². The van der Waals surface area contributed by atoms with E-state index < -0.39 is 0 Å². The van der Waals surface area contributed by atoms with Crippen molar-refractivity contribution in [1.29, 1.82) is 0 Å². The van der Waals surface area contributed by atoms with E-state index in [-0.39, 0.29) is 0 Å². The second kappa shape index (κ2) is 4.09. The van der Waals surface area contributed by atoms with Crippen LogP contribution >= 0.6 is 22.9 Å². The summed E-state index contributed by atoms with van der Waals surface area (Å²) in [6.45, 7) is 0.491. The van der Waals surface area contributed by atoms with Gasteiger partial charge in [0.15, 0.2) is 0 Å². The van der Waals surface area contributed by atoms with Crippen molar-refractivity contribution in [2.75, 3.05) is 0 Å². The molecule has 0 fully saturated rings. The van der Waals surface area contributed by atoms with Gasteiger partial charge in [0, 0.05) is 17.8 Å². The lowest BCUT2D eigenvalue weighted by molar-refractivity contribution is 1.04. The Labute approximate surface area is 91.4 Å². The molecule has 0 saturated carbocycles. The van der Waals surface area contributed by atoms with Gasteiger partial charge in [-0.15, -0.1) is 11.3 Å². The van der Waals surface area contributed by atoms with E-state index in [0.29, 0.717) is 6.54 Å². The summed E-state index contributed by atoms with van der Waals surface area (Å²) in [6.07, 6.45) is 1.83. The molecular formula is C10H9ClN2S. The van der Waals surface area contributed by atoms with Gasteiger partial charge in [-0.1, -0.05) is 23.7 Å². The number of rotatable bonds is 2. The largest absolute Gasteiger partial charge is 0.325 e. The molecule has 0 radical (unpaired) electrons. The third-order valence-corrected chi connectivity index (χ3v) is 3.14. The normalized spacial score (nSPS) is 10.4. The maximum Gasteiger partial charge on any atom is 0.107 e. The number of hydrogen-bond donors (Lipinski definition) is 1. The monoisotopic (exact) mass is 224 g/mol. The van der Waals surface area contributed by atoms with E-state index in [1.807, 2.05) is 30.5 Å². The summed E-state index contributed by atoms with van der Waals surface area (Å²) in [6, 6.07) is 7.73. The summed E-state index contributed by atoms with van der Waals surface area (Å²) >= 11 is 7.49. The second-order valence-corrected chi connectivity index (χ2v) is 4.38. The van der Waals surface area contributed by atoms with Gasteiger partial charge in [-0.25, -0.2) is 4.98 Å². The number of thiazole rings is 1. The van der Waals surface area contributed by atoms with Crippen LogP contribution in [0.5, 0.6) is 0 Å². The Morgan fingerprint density at radius 3 is 2.93 bits per heavy atom. The number of nitrogens with zero attached hydrogens (tertiary/aromatic N) is 1. The zero-order valence-corrected chi connectivity index (χ0v) is 8.98. The van der Waals surface area contributed by atoms with E-state index in [1.54, 1.807) is 11.3 Å². The molecule has 2 N–H and O–H groups in total. The highest BCUT2D eigenvalue weighted by Crippen LogP contribution is 2.27. The van der Waals surface area contributed by atoms with Crippen LogP contribution in [0, 0.1) is 0 Å². The van der Waals surface area contributed by atoms with Crippen molar-refractivity contribution in [2.24, 2.45) is 5.73 Å². The van der Waals surface area contributed by atoms with Crippen LogP contribution in [0.15, 0.2) is 30.5 Å². The van der Waals surface area contributed by atoms with Gasteiger partial charge in [0.05, 0.1) is 4.88 Å². The molecule has 0 aliphatic rings. The van der Waals surface area contributed by atoms with Gasteiger partial charge in [0.2, 0.25) is 0 Å². The van der Waals surface area contributed by atoms with Gasteiger partial charge in [-0.3, -0.25) is 0 Å². The molecule has 0 amide bonds. The summed E-state index contributed by atoms with van der Waals surface area (Å²) < 4.78 is 0. The average molecular weight is 225 g/mol. The quantitative estimate of drug-likeness (QED) is 0.852. The van der Waals surface area contributed by atoms with Crippen molar-refractivity contribution >= 4 is 22.9 Å². The Kier molecular flexibility index (Phi) is 2.82. The van der Waals surface area contributed by atoms with E-state index >= 15 is 0 Å². The minimum Gasteiger partial charge on any atom is -0.325 e. The van der Waals surface area contributed by atoms with Gasteiger partial charge in [0.25, 0.3) is 0 Å². The summed E-state index contributed by atoms with van der Waals surface area (Å²) in [4.78, 5) is 5.30. The van der Waals surface area contributed by atoms with Crippen LogP contribution in [0.4, 0.5) is 0 Å². The molecule has 0 atom stereocenters. The molecule has 4 heteroatoms. The smallest absolute Gasteiger partial charge is 0.107 e. The Morgan fingerprint density at radius 2 is 2.29 bits per heavy atom. The van der Waals surface area contributed by atoms with Gasteiger partial charge >= 0.3 is 0 Å². The molecule has 1 heterocycles. The van der Waals surface area contributed by atoms with Crippen LogP contribution in [0.25, 0.3) is 10.4 Å². The van der Waals surface area contributed by atoms with E-state index in [2.05, 4.69) is 4.98 Å². The first-order chi connectivity index (χ1) is 6.79. The minimum absolute atomic E-state index is 0.491. The predicted molar refractivity (Wildman–Crippen MR) is 60.5 cm³/mol. The first-order valence-electron chi connectivity index (χ1n) is 4.20. The number of benzene rings is 1. The van der Waals surface area contributed by atoms with Crippen molar-refractivity contribution in [3.05, 3.63) is 40.5 Å². The van der Waals surface area contributed by atoms with E-state index in [1.165, 1.54) is 0 Å². The number of hydrogen-bond acceptors (Lipinski definition) is 3. The van der Waals surface area contributed by atoms with Gasteiger partial charge in [-0.05, 0) is 17.7 Å². The molecule has 0 saturated heterocycles. The average Bonchev–Trinajstić information content (AvgIpc) is 2.66. The van der Waals surface area contributed by atoms with Crippen molar-refractivity contribution in [2.45, 2.75) is 6.54 Å². The van der Waals surface area contributed by atoms with Crippen LogP contribution in [0.2, 0.25) is 5.02 Å². The van der Waals surface area contributed by atoms with Crippen molar-refractivity contribution in [1.82, 2.24) is 4.98 Å². The highest BCUT2D eigenvalue weighted by atomic mass is 35.5. The molecule has 0 aliphatic heterocycles. The SMILES string of the molecule is NCc1ncc(-c2cccc(Cl)c2)s1. The highest BCUT2D eigenvalue weighted by Gasteiger charge is 2.03. The third kappa shape index (κ3) is 1.95. The number of halogens is 1. The Balaban J connectivity index is 2.39. The van der Waals surface area contributed by atoms with Crippen LogP contribution < -0.4 is 5.73 Å². The molecular weight excluding hydrogens is 216 g/mol. The fraction of sp³-hybridized carbons (Fsp3) is 0.100. The van der Waals surface area contributed by atoms with Crippen LogP contribution in [-0.2, 0) is 6.54 Å². The lowest BCUT2D eigenvalue weighted by atomic mass is 10.2. The Bertz CT molecular complexity index is 439. The summed E-state index contributed by atoms with van der Waals surface area (Å²) in [5, 5.41) is 1.69. The topological polar surface area (TPSA) is 38.9 Å². The molecule has 0 bridgehead atoms. The molecule has 0 spiro atoms. The number of nitrogens with two attached hydrogens (primary N) is 1. The third-order valence-electron chi connectivity index (χ3n) is 1.84. The standard InChI is InChI=1S/C10H9ClN2S/c11-8-3-1-2-7(4-8)9-6-13-10(5-12)14-9/h1-4,6H,5,12H2. The molecule has 72 valence electrons. The van der Waals surface area contributed by atoms with E-state index in [4.69, 9.17) is 17.3 Å². The fourth-order valence-electron chi connectivity index (χ4n) is 1.18. The maximum atomic E-state index is 5.89. The highest BCUT2D eigenvalue weighted by molar-refractivity contribution is 7.15. The van der Waals surface area contributed by atoms with Crippen molar-refractivity contribution < 1.29 is 0 Å². The molecule has 2 rings (SSSR count). The lowest BCUT2D eigenvalue weighted by Crippen LogP contribution is -1.93. The van der Waals surface area contributed by atoms with Crippen molar-refractivity contribution in [3.63, 3.8) is 0 Å². The zero-order chi connectivity index (χ0) is 9.97. The maximum absolute atomic E-state index is 5.89. The molecule has 1 aromatic heterocycles. The minimum atomic E-state index is 0.491. The first-order valence-corrected chi connectivity index (χ1v) is 5.40. The van der Waals surface area contributed by atoms with Gasteiger partial charge in [0.1, 0.15) is 5.01 Å². The lowest BCUT2D eigenvalue weighted by Gasteiger charge is -1.95. The molecule has 1 aromatic carbocycles. The summed E-state index contributed by atoms with van der Waals surface area (Å²) in [5.41, 5.74) is 6.59. The first kappa shape index (κ1) is 9.65. The summed E-state index contributed by atoms with van der Waals surface area (Å²) in [5.74, 6) is 0. The summed E-state index contributed by atoms with van der Waals surface area (Å²) in [7, 11) is 0. The molecule has 2 aromatic rings. The van der Waals surface area contributed by atoms with Gasteiger partial charge in [-0.2, -0.15) is 0 Å².